The summed E-state index contributed by atoms with van der Waals surface area (Å²) in [5.74, 6) is 0.879. The first-order valence-electron chi connectivity index (χ1n) is 8.44. The van der Waals surface area contributed by atoms with Crippen LogP contribution in [0.2, 0.25) is 0 Å². The summed E-state index contributed by atoms with van der Waals surface area (Å²) in [6.45, 7) is 4.70. The lowest BCUT2D eigenvalue weighted by molar-refractivity contribution is 0.305. The summed E-state index contributed by atoms with van der Waals surface area (Å²) < 4.78 is 5.96. The van der Waals surface area contributed by atoms with Crippen LogP contribution in [0.4, 0.5) is 5.69 Å². The molecule has 0 saturated carbocycles. The third kappa shape index (κ3) is 4.18. The first-order valence-corrected chi connectivity index (χ1v) is 8.44. The third-order valence-corrected chi connectivity index (χ3v) is 4.24. The first kappa shape index (κ1) is 17.0. The smallest absolute Gasteiger partial charge is 0.120 e. The Morgan fingerprint density at radius 3 is 2.32 bits per heavy atom. The minimum atomic E-state index is 0.507. The lowest BCUT2D eigenvalue weighted by Gasteiger charge is -2.16. The summed E-state index contributed by atoms with van der Waals surface area (Å²) in [6, 6.07) is 16.8. The second-order valence-electron chi connectivity index (χ2n) is 6.58. The van der Waals surface area contributed by atoms with Crippen molar-refractivity contribution < 1.29 is 4.74 Å². The molecule has 0 saturated heterocycles. The molecule has 3 rings (SSSR count). The van der Waals surface area contributed by atoms with Crippen molar-refractivity contribution in [3.8, 4) is 16.9 Å². The largest absolute Gasteiger partial charge is 0.489 e. The number of pyridine rings is 1. The number of ether oxygens (including phenoxy) is 1. The minimum absolute atomic E-state index is 0.507. The van der Waals surface area contributed by atoms with Crippen LogP contribution in [0.3, 0.4) is 0 Å². The van der Waals surface area contributed by atoms with E-state index in [-0.39, 0.29) is 0 Å². The van der Waals surface area contributed by atoms with E-state index in [0.29, 0.717) is 6.61 Å². The molecule has 0 amide bonds. The van der Waals surface area contributed by atoms with E-state index in [1.165, 1.54) is 22.4 Å². The van der Waals surface area contributed by atoms with Crippen molar-refractivity contribution in [1.29, 1.82) is 0 Å². The predicted octanol–water partition coefficient (Wildman–Crippen LogP) is 5.01. The average Bonchev–Trinajstić information content (AvgIpc) is 2.60. The summed E-state index contributed by atoms with van der Waals surface area (Å²) >= 11 is 0. The molecule has 0 aliphatic carbocycles. The van der Waals surface area contributed by atoms with Gasteiger partial charge in [0.1, 0.15) is 12.4 Å². The van der Waals surface area contributed by atoms with Crippen molar-refractivity contribution in [1.82, 2.24) is 4.98 Å². The highest BCUT2D eigenvalue weighted by Gasteiger charge is 2.04. The van der Waals surface area contributed by atoms with Crippen molar-refractivity contribution >= 4 is 5.69 Å². The van der Waals surface area contributed by atoms with Gasteiger partial charge < -0.3 is 9.64 Å². The van der Waals surface area contributed by atoms with Crippen LogP contribution in [0.15, 0.2) is 60.9 Å². The Labute approximate surface area is 149 Å². The van der Waals surface area contributed by atoms with Gasteiger partial charge in [0.25, 0.3) is 0 Å². The monoisotopic (exact) mass is 332 g/mol. The van der Waals surface area contributed by atoms with Gasteiger partial charge in [-0.1, -0.05) is 29.8 Å². The van der Waals surface area contributed by atoms with Gasteiger partial charge in [0.2, 0.25) is 0 Å². The highest BCUT2D eigenvalue weighted by molar-refractivity contribution is 5.63. The number of aryl methyl sites for hydroxylation is 2. The molecule has 0 aliphatic rings. The molecule has 0 atom stereocenters. The normalized spacial score (nSPS) is 10.6. The number of hydrogen-bond acceptors (Lipinski definition) is 3. The summed E-state index contributed by atoms with van der Waals surface area (Å²) in [4.78, 5) is 6.47. The van der Waals surface area contributed by atoms with Gasteiger partial charge in [-0.25, -0.2) is 0 Å². The van der Waals surface area contributed by atoms with Crippen molar-refractivity contribution in [3.05, 3.63) is 77.6 Å². The Morgan fingerprint density at radius 2 is 1.64 bits per heavy atom. The number of rotatable bonds is 5. The molecule has 0 N–H and O–H groups in total. The summed E-state index contributed by atoms with van der Waals surface area (Å²) in [7, 11) is 4.09. The molecule has 0 bridgehead atoms. The maximum atomic E-state index is 5.96. The van der Waals surface area contributed by atoms with E-state index in [1.54, 1.807) is 0 Å². The van der Waals surface area contributed by atoms with Crippen molar-refractivity contribution in [3.63, 3.8) is 0 Å². The average molecular weight is 332 g/mol. The number of benzene rings is 2. The molecule has 3 heteroatoms. The fraction of sp³-hybridized carbons (Fsp3) is 0.227. The molecule has 128 valence electrons. The van der Waals surface area contributed by atoms with Crippen LogP contribution in [0.5, 0.6) is 5.75 Å². The minimum Gasteiger partial charge on any atom is -0.489 e. The molecule has 3 aromatic rings. The summed E-state index contributed by atoms with van der Waals surface area (Å²) in [6.07, 6.45) is 3.75. The molecule has 1 aromatic heterocycles. The number of aromatic nitrogens is 1. The van der Waals surface area contributed by atoms with Crippen LogP contribution in [-0.2, 0) is 6.61 Å². The van der Waals surface area contributed by atoms with E-state index >= 15 is 0 Å². The lowest BCUT2D eigenvalue weighted by Crippen LogP contribution is -2.10. The molecule has 25 heavy (non-hydrogen) atoms. The molecule has 0 radical (unpaired) electrons. The Balaban J connectivity index is 1.72. The Bertz CT molecular complexity index is 854. The van der Waals surface area contributed by atoms with Gasteiger partial charge in [0.15, 0.2) is 0 Å². The van der Waals surface area contributed by atoms with E-state index in [9.17, 15) is 0 Å². The Kier molecular flexibility index (Phi) is 5.03. The number of anilines is 1. The summed E-state index contributed by atoms with van der Waals surface area (Å²) in [5, 5.41) is 0. The van der Waals surface area contributed by atoms with Gasteiger partial charge in [-0.05, 0) is 49.2 Å². The predicted molar refractivity (Wildman–Crippen MR) is 104 cm³/mol. The molecule has 0 unspecified atom stereocenters. The van der Waals surface area contributed by atoms with Crippen LogP contribution >= 0.6 is 0 Å². The molecule has 0 fully saturated rings. The second-order valence-corrected chi connectivity index (χ2v) is 6.58. The fourth-order valence-electron chi connectivity index (χ4n) is 2.86. The van der Waals surface area contributed by atoms with Gasteiger partial charge in [-0.15, -0.1) is 0 Å². The zero-order valence-corrected chi connectivity index (χ0v) is 15.3. The topological polar surface area (TPSA) is 25.4 Å². The fourth-order valence-corrected chi connectivity index (χ4v) is 2.86. The maximum absolute atomic E-state index is 5.96. The Morgan fingerprint density at radius 1 is 0.880 bits per heavy atom. The van der Waals surface area contributed by atoms with Gasteiger partial charge in [0, 0.05) is 43.3 Å². The maximum Gasteiger partial charge on any atom is 0.120 e. The van der Waals surface area contributed by atoms with Crippen molar-refractivity contribution in [2.45, 2.75) is 20.5 Å². The van der Waals surface area contributed by atoms with Crippen molar-refractivity contribution in [2.75, 3.05) is 19.0 Å². The highest BCUT2D eigenvalue weighted by Crippen LogP contribution is 2.25. The molecular formula is C22H24N2O. The highest BCUT2D eigenvalue weighted by atomic mass is 16.5. The summed E-state index contributed by atoms with van der Waals surface area (Å²) in [5.41, 5.74) is 7.01. The van der Waals surface area contributed by atoms with Gasteiger partial charge in [-0.3, -0.25) is 4.98 Å². The number of hydrogen-bond donors (Lipinski definition) is 0. The van der Waals surface area contributed by atoms with Gasteiger partial charge in [-0.2, -0.15) is 0 Å². The van der Waals surface area contributed by atoms with Crippen LogP contribution < -0.4 is 9.64 Å². The molecule has 2 aromatic carbocycles. The van der Waals surface area contributed by atoms with E-state index < -0.39 is 0 Å². The van der Waals surface area contributed by atoms with E-state index in [0.717, 1.165) is 16.9 Å². The SMILES string of the molecule is Cc1ccc(-c2cncc(COc3ccc(N(C)C)c(C)c3)c2)cc1. The third-order valence-electron chi connectivity index (χ3n) is 4.24. The van der Waals surface area contributed by atoms with E-state index in [2.05, 4.69) is 66.2 Å². The van der Waals surface area contributed by atoms with E-state index in [1.807, 2.05) is 32.6 Å². The van der Waals surface area contributed by atoms with Crippen LogP contribution in [0.1, 0.15) is 16.7 Å². The van der Waals surface area contributed by atoms with Crippen LogP contribution in [0.25, 0.3) is 11.1 Å². The molecular weight excluding hydrogens is 308 g/mol. The van der Waals surface area contributed by atoms with Gasteiger partial charge >= 0.3 is 0 Å². The van der Waals surface area contributed by atoms with Crippen molar-refractivity contribution in [2.24, 2.45) is 0 Å². The number of nitrogens with zero attached hydrogens (tertiary/aromatic N) is 2. The Hall–Kier alpha value is -2.81. The lowest BCUT2D eigenvalue weighted by atomic mass is 10.0. The van der Waals surface area contributed by atoms with Crippen LogP contribution in [-0.4, -0.2) is 19.1 Å². The van der Waals surface area contributed by atoms with E-state index in [4.69, 9.17) is 4.74 Å². The molecule has 3 nitrogen and oxygen atoms in total. The molecule has 0 spiro atoms. The van der Waals surface area contributed by atoms with Crippen LogP contribution in [0, 0.1) is 13.8 Å². The first-order chi connectivity index (χ1) is 12.0. The molecule has 0 aliphatic heterocycles. The van der Waals surface area contributed by atoms with Gasteiger partial charge in [0.05, 0.1) is 0 Å². The zero-order chi connectivity index (χ0) is 17.8. The second kappa shape index (κ2) is 7.39. The standard InChI is InChI=1S/C22H24N2O/c1-16-5-7-19(8-6-16)20-12-18(13-23-14-20)15-25-21-9-10-22(24(3)4)17(2)11-21/h5-14H,15H2,1-4H3. The molecule has 1 heterocycles. The quantitative estimate of drug-likeness (QED) is 0.656. The zero-order valence-electron chi connectivity index (χ0n) is 15.3.